The number of nitrogens with one attached hydrogen (secondary N) is 1. The largest absolute Gasteiger partial charge is 0.311 e. The van der Waals surface area contributed by atoms with Gasteiger partial charge in [0.15, 0.2) is 0 Å². The van der Waals surface area contributed by atoms with Crippen LogP contribution in [0.2, 0.25) is 0 Å². The molecule has 3 heteroatoms. The minimum atomic E-state index is 0.518. The minimum Gasteiger partial charge on any atom is -0.311 e. The topological polar surface area (TPSA) is 29.9 Å². The van der Waals surface area contributed by atoms with Gasteiger partial charge in [-0.1, -0.05) is 33.1 Å². The van der Waals surface area contributed by atoms with Crippen LogP contribution in [0.3, 0.4) is 0 Å². The minimum absolute atomic E-state index is 0.518. The molecule has 3 nitrogen and oxygen atoms in total. The van der Waals surface area contributed by atoms with Gasteiger partial charge in [-0.15, -0.1) is 0 Å². The van der Waals surface area contributed by atoms with E-state index in [-0.39, 0.29) is 0 Å². The molecule has 102 valence electrons. The molecule has 0 radical (unpaired) electrons. The second-order valence-electron chi connectivity index (χ2n) is 6.08. The van der Waals surface area contributed by atoms with Gasteiger partial charge in [-0.05, 0) is 30.7 Å². The van der Waals surface area contributed by atoms with Gasteiger partial charge in [0, 0.05) is 20.1 Å². The summed E-state index contributed by atoms with van der Waals surface area (Å²) in [6.45, 7) is 6.67. The summed E-state index contributed by atoms with van der Waals surface area (Å²) >= 11 is 0. The zero-order valence-corrected chi connectivity index (χ0v) is 12.1. The van der Waals surface area contributed by atoms with Crippen molar-refractivity contribution in [1.29, 1.82) is 0 Å². The highest BCUT2D eigenvalue weighted by atomic mass is 15.3. The molecule has 18 heavy (non-hydrogen) atoms. The molecule has 1 fully saturated rings. The van der Waals surface area contributed by atoms with Crippen molar-refractivity contribution in [3.63, 3.8) is 0 Å². The van der Waals surface area contributed by atoms with E-state index in [2.05, 4.69) is 30.3 Å². The monoisotopic (exact) mass is 249 g/mol. The lowest BCUT2D eigenvalue weighted by Gasteiger charge is -2.33. The van der Waals surface area contributed by atoms with E-state index >= 15 is 0 Å². The van der Waals surface area contributed by atoms with Crippen LogP contribution in [-0.4, -0.2) is 16.3 Å². The van der Waals surface area contributed by atoms with Crippen LogP contribution < -0.4 is 5.32 Å². The molecular formula is C15H27N3. The summed E-state index contributed by atoms with van der Waals surface area (Å²) in [5, 5.41) is 8.12. The summed E-state index contributed by atoms with van der Waals surface area (Å²) in [6, 6.07) is 2.22. The molecule has 1 heterocycles. The van der Waals surface area contributed by atoms with Crippen molar-refractivity contribution in [2.45, 2.75) is 58.9 Å². The zero-order valence-electron chi connectivity index (χ0n) is 12.1. The predicted octanol–water partition coefficient (Wildman–Crippen LogP) is 3.04. The van der Waals surface area contributed by atoms with Gasteiger partial charge in [-0.3, -0.25) is 4.68 Å². The van der Waals surface area contributed by atoms with E-state index in [4.69, 9.17) is 0 Å². The maximum Gasteiger partial charge on any atom is 0.0625 e. The fraction of sp³-hybridized carbons (Fsp3) is 0.800. The zero-order chi connectivity index (χ0) is 13.0. The van der Waals surface area contributed by atoms with Crippen LogP contribution in [0.15, 0.2) is 6.07 Å². The first-order valence-electron chi connectivity index (χ1n) is 7.35. The molecule has 1 saturated carbocycles. The number of hydrogen-bond donors (Lipinski definition) is 1. The molecular weight excluding hydrogens is 222 g/mol. The Bertz CT molecular complexity index is 375. The fourth-order valence-corrected chi connectivity index (χ4v) is 2.98. The van der Waals surface area contributed by atoms with Crippen LogP contribution in [0.1, 0.15) is 57.3 Å². The van der Waals surface area contributed by atoms with Crippen LogP contribution in [-0.2, 0) is 20.0 Å². The van der Waals surface area contributed by atoms with E-state index in [9.17, 15) is 0 Å². The standard InChI is InChI=1S/C15H27N3/c1-4-13-10-14(18(3)17-13)11-16-12-15(2)8-6-5-7-9-15/h10,16H,4-9,11-12H2,1-3H3. The highest BCUT2D eigenvalue weighted by Crippen LogP contribution is 2.34. The van der Waals surface area contributed by atoms with Crippen molar-refractivity contribution in [2.24, 2.45) is 12.5 Å². The van der Waals surface area contributed by atoms with E-state index in [0.29, 0.717) is 5.41 Å². The average Bonchev–Trinajstić information content (AvgIpc) is 2.71. The van der Waals surface area contributed by atoms with E-state index in [0.717, 1.165) is 19.5 Å². The molecule has 0 unspecified atom stereocenters. The molecule has 0 aromatic carbocycles. The maximum atomic E-state index is 4.49. The van der Waals surface area contributed by atoms with Gasteiger partial charge in [0.25, 0.3) is 0 Å². The highest BCUT2D eigenvalue weighted by Gasteiger charge is 2.26. The van der Waals surface area contributed by atoms with Crippen LogP contribution in [0, 0.1) is 5.41 Å². The van der Waals surface area contributed by atoms with E-state index in [1.54, 1.807) is 0 Å². The van der Waals surface area contributed by atoms with Crippen LogP contribution in [0.4, 0.5) is 0 Å². The van der Waals surface area contributed by atoms with Crippen molar-refractivity contribution in [3.8, 4) is 0 Å². The normalized spacial score (nSPS) is 19.1. The Morgan fingerprint density at radius 1 is 1.33 bits per heavy atom. The summed E-state index contributed by atoms with van der Waals surface area (Å²) in [4.78, 5) is 0. The Balaban J connectivity index is 1.82. The smallest absolute Gasteiger partial charge is 0.0625 e. The molecule has 0 bridgehead atoms. The number of aryl methyl sites for hydroxylation is 2. The fourth-order valence-electron chi connectivity index (χ4n) is 2.98. The summed E-state index contributed by atoms with van der Waals surface area (Å²) in [7, 11) is 2.04. The third kappa shape index (κ3) is 3.35. The Morgan fingerprint density at radius 3 is 2.67 bits per heavy atom. The van der Waals surface area contributed by atoms with E-state index < -0.39 is 0 Å². The number of nitrogens with zero attached hydrogens (tertiary/aromatic N) is 2. The van der Waals surface area contributed by atoms with Crippen LogP contribution in [0.5, 0.6) is 0 Å². The molecule has 2 rings (SSSR count). The van der Waals surface area contributed by atoms with Gasteiger partial charge in [-0.25, -0.2) is 0 Å². The maximum absolute atomic E-state index is 4.49. The lowest BCUT2D eigenvalue weighted by atomic mass is 9.76. The second kappa shape index (κ2) is 5.87. The number of aromatic nitrogens is 2. The van der Waals surface area contributed by atoms with E-state index in [1.807, 2.05) is 11.7 Å². The lowest BCUT2D eigenvalue weighted by Crippen LogP contribution is -2.33. The van der Waals surface area contributed by atoms with Crippen LogP contribution >= 0.6 is 0 Å². The predicted molar refractivity (Wildman–Crippen MR) is 75.5 cm³/mol. The number of hydrogen-bond acceptors (Lipinski definition) is 2. The Morgan fingerprint density at radius 2 is 2.06 bits per heavy atom. The molecule has 1 aromatic rings. The molecule has 1 N–H and O–H groups in total. The van der Waals surface area contributed by atoms with Gasteiger partial charge in [0.2, 0.25) is 0 Å². The Labute approximate surface area is 111 Å². The Kier molecular flexibility index (Phi) is 4.44. The summed E-state index contributed by atoms with van der Waals surface area (Å²) in [6.07, 6.45) is 8.02. The van der Waals surface area contributed by atoms with Gasteiger partial charge in [0.1, 0.15) is 0 Å². The third-order valence-corrected chi connectivity index (χ3v) is 4.31. The van der Waals surface area contributed by atoms with E-state index in [1.165, 1.54) is 43.5 Å². The van der Waals surface area contributed by atoms with Gasteiger partial charge < -0.3 is 5.32 Å². The molecule has 0 atom stereocenters. The first-order chi connectivity index (χ1) is 8.63. The average molecular weight is 249 g/mol. The Hall–Kier alpha value is -0.830. The van der Waals surface area contributed by atoms with Crippen molar-refractivity contribution in [2.75, 3.05) is 6.54 Å². The highest BCUT2D eigenvalue weighted by molar-refractivity contribution is 5.09. The molecule has 1 aliphatic rings. The summed E-state index contributed by atoms with van der Waals surface area (Å²) in [5.41, 5.74) is 3.01. The van der Waals surface area contributed by atoms with Crippen molar-refractivity contribution in [3.05, 3.63) is 17.5 Å². The molecule has 1 aromatic heterocycles. The quantitative estimate of drug-likeness (QED) is 0.869. The summed E-state index contributed by atoms with van der Waals surface area (Å²) < 4.78 is 2.01. The first-order valence-corrected chi connectivity index (χ1v) is 7.35. The summed E-state index contributed by atoms with van der Waals surface area (Å²) in [5.74, 6) is 0. The van der Waals surface area contributed by atoms with Crippen molar-refractivity contribution >= 4 is 0 Å². The van der Waals surface area contributed by atoms with Gasteiger partial charge >= 0.3 is 0 Å². The van der Waals surface area contributed by atoms with Gasteiger partial charge in [-0.2, -0.15) is 5.10 Å². The van der Waals surface area contributed by atoms with Crippen molar-refractivity contribution in [1.82, 2.24) is 15.1 Å². The molecule has 1 aliphatic carbocycles. The lowest BCUT2D eigenvalue weighted by molar-refractivity contribution is 0.207. The van der Waals surface area contributed by atoms with Crippen molar-refractivity contribution < 1.29 is 0 Å². The SMILES string of the molecule is CCc1cc(CNCC2(C)CCCCC2)n(C)n1. The second-order valence-corrected chi connectivity index (χ2v) is 6.08. The molecule has 0 aliphatic heterocycles. The third-order valence-electron chi connectivity index (χ3n) is 4.31. The van der Waals surface area contributed by atoms with Gasteiger partial charge in [0.05, 0.1) is 11.4 Å². The van der Waals surface area contributed by atoms with Crippen LogP contribution in [0.25, 0.3) is 0 Å². The first kappa shape index (κ1) is 13.6. The number of rotatable bonds is 5. The molecule has 0 amide bonds. The molecule has 0 spiro atoms. The molecule has 0 saturated heterocycles.